The lowest BCUT2D eigenvalue weighted by Crippen LogP contribution is -2.64. The summed E-state index contributed by atoms with van der Waals surface area (Å²) in [4.78, 5) is 11.2. The van der Waals surface area contributed by atoms with E-state index in [1.165, 1.54) is 6.92 Å². The Labute approximate surface area is 118 Å². The van der Waals surface area contributed by atoms with Crippen molar-refractivity contribution < 1.29 is 29.6 Å². The van der Waals surface area contributed by atoms with Crippen LogP contribution in [0.5, 0.6) is 0 Å². The van der Waals surface area contributed by atoms with Gasteiger partial charge in [-0.05, 0) is 5.41 Å². The van der Waals surface area contributed by atoms with E-state index in [1.807, 2.05) is 20.8 Å². The van der Waals surface area contributed by atoms with E-state index in [4.69, 9.17) is 14.6 Å². The van der Waals surface area contributed by atoms with Crippen LogP contribution in [0.15, 0.2) is 0 Å². The third kappa shape index (κ3) is 4.68. The van der Waals surface area contributed by atoms with Crippen LogP contribution in [0, 0.1) is 5.41 Å². The smallest absolute Gasteiger partial charge is 0.217 e. The van der Waals surface area contributed by atoms with Crippen LogP contribution in [-0.4, -0.2) is 65.1 Å². The minimum absolute atomic E-state index is 0.125. The molecule has 7 heteroatoms. The van der Waals surface area contributed by atoms with Crippen molar-refractivity contribution >= 4 is 5.91 Å². The topological polar surface area (TPSA) is 108 Å². The highest BCUT2D eigenvalue weighted by atomic mass is 16.7. The summed E-state index contributed by atoms with van der Waals surface area (Å²) in [6, 6.07) is -0.882. The molecule has 0 aliphatic carbocycles. The standard InChI is InChI=1S/C13H25NO6/c1-7(16)14-9-11(18)10(17)8(5-15)20-12(9)19-6-13(2,3)4/h8-12,15,17-18H,5-6H2,1-4H3,(H,14,16)/t8?,9?,10-,11?,12-/m1/s1. The first-order valence-corrected chi connectivity index (χ1v) is 6.67. The van der Waals surface area contributed by atoms with Gasteiger partial charge >= 0.3 is 0 Å². The van der Waals surface area contributed by atoms with Gasteiger partial charge in [-0.15, -0.1) is 0 Å². The lowest BCUT2D eigenvalue weighted by molar-refractivity contribution is -0.274. The summed E-state index contributed by atoms with van der Waals surface area (Å²) in [7, 11) is 0. The van der Waals surface area contributed by atoms with Gasteiger partial charge in [0.05, 0.1) is 13.2 Å². The Hall–Kier alpha value is -0.730. The van der Waals surface area contributed by atoms with Crippen LogP contribution in [0.2, 0.25) is 0 Å². The van der Waals surface area contributed by atoms with Crippen LogP contribution in [0.4, 0.5) is 0 Å². The minimum Gasteiger partial charge on any atom is -0.394 e. The van der Waals surface area contributed by atoms with Gasteiger partial charge < -0.3 is 30.1 Å². The van der Waals surface area contributed by atoms with Crippen molar-refractivity contribution in [2.75, 3.05) is 13.2 Å². The number of carbonyl (C=O) groups excluding carboxylic acids is 1. The lowest BCUT2D eigenvalue weighted by atomic mass is 9.96. The fraction of sp³-hybridized carbons (Fsp3) is 0.923. The van der Waals surface area contributed by atoms with Crippen molar-refractivity contribution in [1.82, 2.24) is 5.32 Å². The first kappa shape index (κ1) is 17.3. The quantitative estimate of drug-likeness (QED) is 0.529. The fourth-order valence-corrected chi connectivity index (χ4v) is 1.95. The molecule has 0 aromatic carbocycles. The predicted octanol–water partition coefficient (Wildman–Crippen LogP) is -1.01. The summed E-state index contributed by atoms with van der Waals surface area (Å²) in [5.74, 6) is -0.364. The normalized spacial score (nSPS) is 34.9. The van der Waals surface area contributed by atoms with E-state index in [1.54, 1.807) is 0 Å². The molecule has 0 saturated carbocycles. The van der Waals surface area contributed by atoms with Crippen molar-refractivity contribution in [2.24, 2.45) is 5.41 Å². The monoisotopic (exact) mass is 291 g/mol. The van der Waals surface area contributed by atoms with E-state index < -0.39 is 37.3 Å². The Morgan fingerprint density at radius 3 is 2.35 bits per heavy atom. The number of carbonyl (C=O) groups is 1. The summed E-state index contributed by atoms with van der Waals surface area (Å²) in [5, 5.41) is 31.5. The lowest BCUT2D eigenvalue weighted by Gasteiger charge is -2.42. The molecule has 4 N–H and O–H groups in total. The number of hydrogen-bond acceptors (Lipinski definition) is 6. The van der Waals surface area contributed by atoms with E-state index >= 15 is 0 Å². The van der Waals surface area contributed by atoms with E-state index in [9.17, 15) is 15.0 Å². The summed E-state index contributed by atoms with van der Waals surface area (Å²) < 4.78 is 11.0. The molecular weight excluding hydrogens is 266 g/mol. The third-order valence-electron chi connectivity index (χ3n) is 2.93. The van der Waals surface area contributed by atoms with Crippen LogP contribution < -0.4 is 5.32 Å². The highest BCUT2D eigenvalue weighted by Gasteiger charge is 2.45. The Kier molecular flexibility index (Phi) is 5.91. The second kappa shape index (κ2) is 6.82. The van der Waals surface area contributed by atoms with Crippen molar-refractivity contribution in [2.45, 2.75) is 58.3 Å². The molecule has 5 atom stereocenters. The van der Waals surface area contributed by atoms with E-state index in [-0.39, 0.29) is 11.3 Å². The third-order valence-corrected chi connectivity index (χ3v) is 2.93. The first-order chi connectivity index (χ1) is 9.15. The molecule has 0 aromatic heterocycles. The molecule has 1 aliphatic heterocycles. The second-order valence-electron chi connectivity index (χ2n) is 6.30. The summed E-state index contributed by atoms with van der Waals surface area (Å²) in [5.41, 5.74) is -0.125. The molecule has 3 unspecified atom stereocenters. The van der Waals surface area contributed by atoms with E-state index in [0.717, 1.165) is 0 Å². The van der Waals surface area contributed by atoms with E-state index in [2.05, 4.69) is 5.32 Å². The van der Waals surface area contributed by atoms with Crippen LogP contribution in [-0.2, 0) is 14.3 Å². The van der Waals surface area contributed by atoms with Crippen LogP contribution in [0.1, 0.15) is 27.7 Å². The van der Waals surface area contributed by atoms with Gasteiger partial charge in [0, 0.05) is 6.92 Å². The zero-order valence-electron chi connectivity index (χ0n) is 12.4. The van der Waals surface area contributed by atoms with Gasteiger partial charge in [0.25, 0.3) is 0 Å². The number of ether oxygens (including phenoxy) is 2. The summed E-state index contributed by atoms with van der Waals surface area (Å²) in [6.45, 7) is 7.11. The zero-order chi connectivity index (χ0) is 15.5. The fourth-order valence-electron chi connectivity index (χ4n) is 1.95. The molecule has 1 heterocycles. The highest BCUT2D eigenvalue weighted by molar-refractivity contribution is 5.73. The minimum atomic E-state index is -1.29. The largest absolute Gasteiger partial charge is 0.394 e. The number of nitrogens with one attached hydrogen (secondary N) is 1. The SMILES string of the molecule is CC(=O)NC1C(O)[C@H](O)C(CO)O[C@H]1OCC(C)(C)C. The van der Waals surface area contributed by atoms with E-state index in [0.29, 0.717) is 6.61 Å². The molecule has 0 bridgehead atoms. The number of rotatable bonds is 4. The average Bonchev–Trinajstić information content (AvgIpc) is 2.32. The molecule has 7 nitrogen and oxygen atoms in total. The molecule has 0 aromatic rings. The number of aliphatic hydroxyl groups is 3. The molecule has 20 heavy (non-hydrogen) atoms. The first-order valence-electron chi connectivity index (χ1n) is 6.67. The molecule has 118 valence electrons. The highest BCUT2D eigenvalue weighted by Crippen LogP contribution is 2.24. The molecule has 1 fully saturated rings. The summed E-state index contributed by atoms with van der Waals surface area (Å²) in [6.07, 6.45) is -4.42. The van der Waals surface area contributed by atoms with Crippen molar-refractivity contribution in [1.29, 1.82) is 0 Å². The van der Waals surface area contributed by atoms with Crippen molar-refractivity contribution in [3.63, 3.8) is 0 Å². The summed E-state index contributed by atoms with van der Waals surface area (Å²) >= 11 is 0. The van der Waals surface area contributed by atoms with Gasteiger partial charge in [-0.3, -0.25) is 4.79 Å². The Bertz CT molecular complexity index is 329. The maximum atomic E-state index is 11.2. The van der Waals surface area contributed by atoms with Gasteiger partial charge in [0.2, 0.25) is 5.91 Å². The van der Waals surface area contributed by atoms with Gasteiger partial charge in [0.1, 0.15) is 24.4 Å². The van der Waals surface area contributed by atoms with Crippen LogP contribution in [0.25, 0.3) is 0 Å². The Morgan fingerprint density at radius 2 is 1.90 bits per heavy atom. The van der Waals surface area contributed by atoms with Crippen LogP contribution in [0.3, 0.4) is 0 Å². The second-order valence-corrected chi connectivity index (χ2v) is 6.30. The Balaban J connectivity index is 2.80. The maximum Gasteiger partial charge on any atom is 0.217 e. The van der Waals surface area contributed by atoms with Gasteiger partial charge in [-0.2, -0.15) is 0 Å². The molecule has 0 spiro atoms. The average molecular weight is 291 g/mol. The van der Waals surface area contributed by atoms with Gasteiger partial charge in [0.15, 0.2) is 6.29 Å². The number of amides is 1. The van der Waals surface area contributed by atoms with Crippen molar-refractivity contribution in [3.05, 3.63) is 0 Å². The Morgan fingerprint density at radius 1 is 1.30 bits per heavy atom. The number of hydrogen-bond donors (Lipinski definition) is 4. The van der Waals surface area contributed by atoms with Crippen molar-refractivity contribution in [3.8, 4) is 0 Å². The number of aliphatic hydroxyl groups excluding tert-OH is 3. The van der Waals surface area contributed by atoms with Crippen LogP contribution >= 0.6 is 0 Å². The zero-order valence-corrected chi connectivity index (χ0v) is 12.4. The molecule has 1 saturated heterocycles. The predicted molar refractivity (Wildman–Crippen MR) is 70.8 cm³/mol. The van der Waals surface area contributed by atoms with Gasteiger partial charge in [-0.25, -0.2) is 0 Å². The molecule has 1 rings (SSSR count). The molecule has 1 aliphatic rings. The molecule has 1 amide bonds. The van der Waals surface area contributed by atoms with Gasteiger partial charge in [-0.1, -0.05) is 20.8 Å². The molecule has 0 radical (unpaired) electrons. The maximum absolute atomic E-state index is 11.2. The molecular formula is C13H25NO6.